The van der Waals surface area contributed by atoms with Crippen LogP contribution >= 0.6 is 0 Å². The first-order valence-corrected chi connectivity index (χ1v) is 11.7. The summed E-state index contributed by atoms with van der Waals surface area (Å²) in [6, 6.07) is 1.60. The fourth-order valence-electron chi connectivity index (χ4n) is 5.57. The zero-order chi connectivity index (χ0) is 24.4. The molecule has 2 aliphatic rings. The Morgan fingerprint density at radius 1 is 0.848 bits per heavy atom. The molecule has 1 nitrogen and oxygen atoms in total. The van der Waals surface area contributed by atoms with Crippen LogP contribution in [0.4, 0.5) is 35.1 Å². The standard InChI is InChI=1S/C24H30F8O/c1-2-3-14-4-6-15(7-5-14)16-8-10-17(11-9-16)18-12-19(25)21(20(26)13-18)33-24(31,32)22(27)23(28,29)30/h12-17,22H,2-11H2,1H3. The van der Waals surface area contributed by atoms with Crippen LogP contribution in [0.2, 0.25) is 0 Å². The first-order chi connectivity index (χ1) is 15.4. The normalized spacial score (nSPS) is 27.9. The van der Waals surface area contributed by atoms with Gasteiger partial charge in [0, 0.05) is 0 Å². The summed E-state index contributed by atoms with van der Waals surface area (Å²) in [5.74, 6) is -3.01. The van der Waals surface area contributed by atoms with Gasteiger partial charge in [-0.15, -0.1) is 0 Å². The SMILES string of the molecule is CCCC1CCC(C2CCC(c3cc(F)c(OC(F)(F)C(F)C(F)(F)F)c(F)c3)CC2)CC1. The average molecular weight is 486 g/mol. The molecule has 0 bridgehead atoms. The van der Waals surface area contributed by atoms with Crippen LogP contribution in [-0.4, -0.2) is 18.5 Å². The van der Waals surface area contributed by atoms with Crippen molar-refractivity contribution in [1.82, 2.24) is 0 Å². The third-order valence-corrected chi connectivity index (χ3v) is 7.34. The Hall–Kier alpha value is -1.54. The third-order valence-electron chi connectivity index (χ3n) is 7.34. The third kappa shape index (κ3) is 6.32. The molecule has 1 unspecified atom stereocenters. The van der Waals surface area contributed by atoms with E-state index in [0.29, 0.717) is 24.7 Å². The van der Waals surface area contributed by atoms with E-state index in [9.17, 15) is 35.1 Å². The van der Waals surface area contributed by atoms with Gasteiger partial charge in [-0.1, -0.05) is 32.6 Å². The smallest absolute Gasteiger partial charge is 0.424 e. The van der Waals surface area contributed by atoms with Crippen LogP contribution in [0.5, 0.6) is 5.75 Å². The fraction of sp³-hybridized carbons (Fsp3) is 0.750. The van der Waals surface area contributed by atoms with E-state index in [4.69, 9.17) is 0 Å². The zero-order valence-corrected chi connectivity index (χ0v) is 18.5. The van der Waals surface area contributed by atoms with E-state index in [1.807, 2.05) is 0 Å². The van der Waals surface area contributed by atoms with Gasteiger partial charge in [0.25, 0.3) is 6.17 Å². The van der Waals surface area contributed by atoms with Crippen molar-refractivity contribution in [2.45, 2.75) is 95.5 Å². The van der Waals surface area contributed by atoms with E-state index < -0.39 is 35.8 Å². The van der Waals surface area contributed by atoms with Gasteiger partial charge in [0.15, 0.2) is 17.4 Å². The first kappa shape index (κ1) is 26.1. The maximum Gasteiger partial charge on any atom is 0.439 e. The van der Waals surface area contributed by atoms with Crippen molar-refractivity contribution >= 4 is 0 Å². The largest absolute Gasteiger partial charge is 0.439 e. The maximum absolute atomic E-state index is 14.3. The summed E-state index contributed by atoms with van der Waals surface area (Å²) in [6.07, 6.45) is -5.56. The predicted octanol–water partition coefficient (Wildman–Crippen LogP) is 8.72. The molecule has 33 heavy (non-hydrogen) atoms. The number of ether oxygens (including phenoxy) is 1. The van der Waals surface area contributed by atoms with Gasteiger partial charge in [-0.2, -0.15) is 22.0 Å². The van der Waals surface area contributed by atoms with E-state index in [-0.39, 0.29) is 11.5 Å². The van der Waals surface area contributed by atoms with Gasteiger partial charge in [-0.05, 0) is 79.9 Å². The summed E-state index contributed by atoms with van der Waals surface area (Å²) in [5, 5.41) is 0. The van der Waals surface area contributed by atoms with Crippen molar-refractivity contribution in [3.63, 3.8) is 0 Å². The number of halogens is 8. The molecule has 1 aromatic carbocycles. The minimum Gasteiger partial charge on any atom is -0.424 e. The van der Waals surface area contributed by atoms with Crippen molar-refractivity contribution in [3.05, 3.63) is 29.3 Å². The highest BCUT2D eigenvalue weighted by molar-refractivity contribution is 5.33. The Morgan fingerprint density at radius 2 is 1.33 bits per heavy atom. The van der Waals surface area contributed by atoms with E-state index in [1.165, 1.54) is 38.5 Å². The van der Waals surface area contributed by atoms with Crippen LogP contribution < -0.4 is 4.74 Å². The minimum atomic E-state index is -5.94. The van der Waals surface area contributed by atoms with Crippen molar-refractivity contribution in [1.29, 1.82) is 0 Å². The number of hydrogen-bond acceptors (Lipinski definition) is 1. The van der Waals surface area contributed by atoms with Crippen molar-refractivity contribution < 1.29 is 39.9 Å². The molecule has 0 heterocycles. The van der Waals surface area contributed by atoms with Gasteiger partial charge in [0.05, 0.1) is 0 Å². The van der Waals surface area contributed by atoms with Crippen molar-refractivity contribution in [2.75, 3.05) is 0 Å². The van der Waals surface area contributed by atoms with Crippen LogP contribution in [-0.2, 0) is 0 Å². The van der Waals surface area contributed by atoms with Gasteiger partial charge < -0.3 is 4.74 Å². The molecule has 1 aromatic rings. The summed E-state index contributed by atoms with van der Waals surface area (Å²) < 4.78 is 109. The molecule has 0 aliphatic heterocycles. The number of alkyl halides is 6. The Labute approximate surface area is 188 Å². The molecule has 0 radical (unpaired) electrons. The zero-order valence-electron chi connectivity index (χ0n) is 18.5. The first-order valence-electron chi connectivity index (χ1n) is 11.7. The lowest BCUT2D eigenvalue weighted by molar-refractivity contribution is -0.306. The Balaban J connectivity index is 1.61. The molecule has 0 N–H and O–H groups in total. The number of benzene rings is 1. The Bertz CT molecular complexity index is 754. The minimum absolute atomic E-state index is 0.180. The topological polar surface area (TPSA) is 9.23 Å². The number of rotatable bonds is 7. The fourth-order valence-corrected chi connectivity index (χ4v) is 5.57. The van der Waals surface area contributed by atoms with Gasteiger partial charge in [0.1, 0.15) is 0 Å². The van der Waals surface area contributed by atoms with Crippen molar-refractivity contribution in [2.24, 2.45) is 17.8 Å². The number of hydrogen-bond donors (Lipinski definition) is 0. The molecule has 3 rings (SSSR count). The van der Waals surface area contributed by atoms with Gasteiger partial charge in [-0.3, -0.25) is 0 Å². The lowest BCUT2D eigenvalue weighted by atomic mass is 9.68. The van der Waals surface area contributed by atoms with E-state index in [0.717, 1.165) is 30.9 Å². The molecule has 0 amide bonds. The molecule has 2 saturated carbocycles. The lowest BCUT2D eigenvalue weighted by Crippen LogP contribution is -2.46. The molecular formula is C24H30F8O. The highest BCUT2D eigenvalue weighted by atomic mass is 19.4. The Morgan fingerprint density at radius 3 is 1.79 bits per heavy atom. The summed E-state index contributed by atoms with van der Waals surface area (Å²) in [6.45, 7) is 2.20. The second kappa shape index (κ2) is 10.4. The van der Waals surface area contributed by atoms with Crippen LogP contribution in [0.25, 0.3) is 0 Å². The second-order valence-corrected chi connectivity index (χ2v) is 9.56. The highest BCUT2D eigenvalue weighted by Gasteiger charge is 2.59. The maximum atomic E-state index is 14.3. The molecule has 2 fully saturated rings. The summed E-state index contributed by atoms with van der Waals surface area (Å²) in [7, 11) is 0. The van der Waals surface area contributed by atoms with Gasteiger partial charge in [0.2, 0.25) is 0 Å². The van der Waals surface area contributed by atoms with E-state index in [1.54, 1.807) is 0 Å². The average Bonchev–Trinajstić information content (AvgIpc) is 2.76. The summed E-state index contributed by atoms with van der Waals surface area (Å²) in [5.41, 5.74) is 0.249. The quantitative estimate of drug-likeness (QED) is 0.350. The highest BCUT2D eigenvalue weighted by Crippen LogP contribution is 2.45. The van der Waals surface area contributed by atoms with Crippen molar-refractivity contribution in [3.8, 4) is 5.75 Å². The predicted molar refractivity (Wildman–Crippen MR) is 108 cm³/mol. The monoisotopic (exact) mass is 486 g/mol. The van der Waals surface area contributed by atoms with Gasteiger partial charge >= 0.3 is 12.3 Å². The molecular weight excluding hydrogens is 456 g/mol. The van der Waals surface area contributed by atoms with E-state index in [2.05, 4.69) is 11.7 Å². The van der Waals surface area contributed by atoms with Crippen LogP contribution in [0.1, 0.15) is 82.6 Å². The van der Waals surface area contributed by atoms with Crippen LogP contribution in [0.15, 0.2) is 12.1 Å². The van der Waals surface area contributed by atoms with Crippen LogP contribution in [0.3, 0.4) is 0 Å². The summed E-state index contributed by atoms with van der Waals surface area (Å²) >= 11 is 0. The Kier molecular flexibility index (Phi) is 8.20. The van der Waals surface area contributed by atoms with Gasteiger partial charge in [-0.25, -0.2) is 13.2 Å². The molecule has 9 heteroatoms. The van der Waals surface area contributed by atoms with E-state index >= 15 is 0 Å². The summed E-state index contributed by atoms with van der Waals surface area (Å²) in [4.78, 5) is 0. The molecule has 2 aliphatic carbocycles. The van der Waals surface area contributed by atoms with Crippen LogP contribution in [0, 0.1) is 29.4 Å². The molecule has 1 atom stereocenters. The lowest BCUT2D eigenvalue weighted by Gasteiger charge is -2.38. The molecule has 0 aromatic heterocycles. The molecule has 0 spiro atoms. The second-order valence-electron chi connectivity index (χ2n) is 9.56. The molecule has 188 valence electrons. The molecule has 0 saturated heterocycles.